The molecule has 1 aliphatic heterocycles. The van der Waals surface area contributed by atoms with Gasteiger partial charge < -0.3 is 14.4 Å². The van der Waals surface area contributed by atoms with Crippen LogP contribution in [0.2, 0.25) is 0 Å². The minimum absolute atomic E-state index is 0.0880. The third-order valence-electron chi connectivity index (χ3n) is 4.50. The average Bonchev–Trinajstić information content (AvgIpc) is 3.33. The first-order chi connectivity index (χ1) is 15.7. The Morgan fingerprint density at radius 1 is 1.06 bits per heavy atom. The SMILES string of the molecule is CCOC(=O)c1nc(NC(=O)NS(=O)(=O)c2ccccc2C(=O)OC)nc(N2CCCC2)n1. The summed E-state index contributed by atoms with van der Waals surface area (Å²) in [7, 11) is -3.36. The maximum absolute atomic E-state index is 12.7. The van der Waals surface area contributed by atoms with Gasteiger partial charge in [-0.3, -0.25) is 5.32 Å². The Labute approximate surface area is 189 Å². The van der Waals surface area contributed by atoms with E-state index in [4.69, 9.17) is 4.74 Å². The van der Waals surface area contributed by atoms with E-state index in [1.807, 2.05) is 0 Å². The number of sulfonamides is 1. The van der Waals surface area contributed by atoms with Crippen molar-refractivity contribution in [2.24, 2.45) is 0 Å². The largest absolute Gasteiger partial charge is 0.465 e. The molecular formula is C19H22N6O7S. The van der Waals surface area contributed by atoms with E-state index in [1.54, 1.807) is 16.5 Å². The molecule has 176 valence electrons. The van der Waals surface area contributed by atoms with Crippen molar-refractivity contribution >= 4 is 39.9 Å². The molecule has 1 saturated heterocycles. The first-order valence-corrected chi connectivity index (χ1v) is 11.4. The van der Waals surface area contributed by atoms with Gasteiger partial charge in [-0.15, -0.1) is 0 Å². The van der Waals surface area contributed by atoms with E-state index in [-0.39, 0.29) is 29.9 Å². The van der Waals surface area contributed by atoms with Crippen LogP contribution in [0.1, 0.15) is 40.7 Å². The number of methoxy groups -OCH3 is 1. The zero-order valence-electron chi connectivity index (χ0n) is 17.9. The van der Waals surface area contributed by atoms with Crippen LogP contribution < -0.4 is 14.9 Å². The predicted molar refractivity (Wildman–Crippen MR) is 114 cm³/mol. The van der Waals surface area contributed by atoms with Crippen molar-refractivity contribution in [1.29, 1.82) is 0 Å². The van der Waals surface area contributed by atoms with Gasteiger partial charge in [-0.25, -0.2) is 27.5 Å². The molecule has 3 rings (SSSR count). The van der Waals surface area contributed by atoms with Crippen LogP contribution in [-0.4, -0.2) is 68.1 Å². The highest BCUT2D eigenvalue weighted by Crippen LogP contribution is 2.19. The summed E-state index contributed by atoms with van der Waals surface area (Å²) in [4.78, 5) is 49.9. The highest BCUT2D eigenvalue weighted by Gasteiger charge is 2.26. The van der Waals surface area contributed by atoms with Crippen LogP contribution in [0, 0.1) is 0 Å². The molecule has 1 aromatic heterocycles. The molecule has 0 spiro atoms. The Morgan fingerprint density at radius 2 is 1.76 bits per heavy atom. The van der Waals surface area contributed by atoms with Gasteiger partial charge >= 0.3 is 18.0 Å². The summed E-state index contributed by atoms with van der Waals surface area (Å²) in [6.45, 7) is 3.00. The van der Waals surface area contributed by atoms with Gasteiger partial charge in [-0.1, -0.05) is 12.1 Å². The lowest BCUT2D eigenvalue weighted by Crippen LogP contribution is -2.36. The molecule has 2 amide bonds. The molecule has 2 N–H and O–H groups in total. The summed E-state index contributed by atoms with van der Waals surface area (Å²) in [6.07, 6.45) is 1.81. The first-order valence-electron chi connectivity index (χ1n) is 9.94. The van der Waals surface area contributed by atoms with Gasteiger partial charge in [0.05, 0.1) is 19.3 Å². The second-order valence-corrected chi connectivity index (χ2v) is 8.40. The smallest absolute Gasteiger partial charge is 0.376 e. The van der Waals surface area contributed by atoms with Gasteiger partial charge in [0.15, 0.2) is 0 Å². The summed E-state index contributed by atoms with van der Waals surface area (Å²) in [5.74, 6) is -2.22. The van der Waals surface area contributed by atoms with Gasteiger partial charge in [-0.2, -0.15) is 15.0 Å². The van der Waals surface area contributed by atoms with Crippen LogP contribution in [0.5, 0.6) is 0 Å². The molecule has 14 heteroatoms. The zero-order chi connectivity index (χ0) is 24.0. The van der Waals surface area contributed by atoms with E-state index in [1.165, 1.54) is 18.2 Å². The Bertz CT molecular complexity index is 1160. The quantitative estimate of drug-likeness (QED) is 0.543. The van der Waals surface area contributed by atoms with E-state index >= 15 is 0 Å². The standard InChI is InChI=1S/C19H22N6O7S/c1-3-32-16(27)14-20-17(22-18(21-14)25-10-6-7-11-25)23-19(28)24-33(29,30)13-9-5-4-8-12(13)15(26)31-2/h4-5,8-9H,3,6-7,10-11H2,1-2H3,(H2,20,21,22,23,24,28). The maximum Gasteiger partial charge on any atom is 0.376 e. The predicted octanol–water partition coefficient (Wildman–Crippen LogP) is 0.945. The van der Waals surface area contributed by atoms with Crippen molar-refractivity contribution < 1.29 is 32.3 Å². The second-order valence-electron chi connectivity index (χ2n) is 6.74. The third-order valence-corrected chi connectivity index (χ3v) is 5.89. The number of aromatic nitrogens is 3. The molecule has 1 fully saturated rings. The lowest BCUT2D eigenvalue weighted by atomic mass is 10.2. The molecule has 1 aliphatic rings. The molecule has 0 radical (unpaired) electrons. The summed E-state index contributed by atoms with van der Waals surface area (Å²) in [6, 6.07) is 4.03. The van der Waals surface area contributed by atoms with Gasteiger partial charge in [0.25, 0.3) is 10.0 Å². The fourth-order valence-corrected chi connectivity index (χ4v) is 4.15. The van der Waals surface area contributed by atoms with E-state index < -0.39 is 32.9 Å². The van der Waals surface area contributed by atoms with Gasteiger partial charge in [0.2, 0.25) is 17.7 Å². The van der Waals surface area contributed by atoms with Gasteiger partial charge in [-0.05, 0) is 31.9 Å². The molecule has 2 heterocycles. The Balaban J connectivity index is 1.85. The summed E-state index contributed by atoms with van der Waals surface area (Å²) >= 11 is 0. The highest BCUT2D eigenvalue weighted by atomic mass is 32.2. The lowest BCUT2D eigenvalue weighted by molar-refractivity contribution is 0.0511. The number of ether oxygens (including phenoxy) is 2. The van der Waals surface area contributed by atoms with Crippen molar-refractivity contribution in [1.82, 2.24) is 19.7 Å². The number of anilines is 2. The minimum Gasteiger partial charge on any atom is -0.465 e. The molecule has 0 aliphatic carbocycles. The monoisotopic (exact) mass is 478 g/mol. The van der Waals surface area contributed by atoms with E-state index in [9.17, 15) is 22.8 Å². The van der Waals surface area contributed by atoms with Crippen LogP contribution in [0.4, 0.5) is 16.7 Å². The number of carbonyl (C=O) groups is 3. The number of carbonyl (C=O) groups excluding carboxylic acids is 3. The Morgan fingerprint density at radius 3 is 2.42 bits per heavy atom. The number of urea groups is 1. The van der Waals surface area contributed by atoms with Crippen LogP contribution in [-0.2, 0) is 19.5 Å². The van der Waals surface area contributed by atoms with Crippen molar-refractivity contribution in [2.45, 2.75) is 24.7 Å². The maximum atomic E-state index is 12.7. The second kappa shape index (κ2) is 10.2. The molecule has 0 saturated carbocycles. The normalized spacial score (nSPS) is 13.3. The zero-order valence-corrected chi connectivity index (χ0v) is 18.7. The number of nitrogens with zero attached hydrogens (tertiary/aromatic N) is 4. The van der Waals surface area contributed by atoms with Crippen LogP contribution >= 0.6 is 0 Å². The molecule has 2 aromatic rings. The average molecular weight is 478 g/mol. The van der Waals surface area contributed by atoms with Crippen molar-refractivity contribution in [3.8, 4) is 0 Å². The molecule has 0 bridgehead atoms. The van der Waals surface area contributed by atoms with Crippen LogP contribution in [0.15, 0.2) is 29.2 Å². The highest BCUT2D eigenvalue weighted by molar-refractivity contribution is 7.90. The van der Waals surface area contributed by atoms with E-state index in [2.05, 4.69) is 25.0 Å². The molecule has 13 nitrogen and oxygen atoms in total. The number of hydrogen-bond donors (Lipinski definition) is 2. The number of nitrogens with one attached hydrogen (secondary N) is 2. The molecular weight excluding hydrogens is 456 g/mol. The number of esters is 2. The number of hydrogen-bond acceptors (Lipinski definition) is 11. The molecule has 33 heavy (non-hydrogen) atoms. The summed E-state index contributed by atoms with van der Waals surface area (Å²) in [5.41, 5.74) is -0.249. The van der Waals surface area contributed by atoms with Crippen molar-refractivity contribution in [3.05, 3.63) is 35.7 Å². The van der Waals surface area contributed by atoms with Crippen molar-refractivity contribution in [3.63, 3.8) is 0 Å². The number of amides is 2. The third kappa shape index (κ3) is 5.71. The van der Waals surface area contributed by atoms with Gasteiger partial charge in [0.1, 0.15) is 4.90 Å². The summed E-state index contributed by atoms with van der Waals surface area (Å²) < 4.78 is 36.7. The molecule has 1 aromatic carbocycles. The summed E-state index contributed by atoms with van der Waals surface area (Å²) in [5, 5.41) is 2.19. The number of rotatable bonds is 7. The molecule has 0 atom stereocenters. The Kier molecular flexibility index (Phi) is 7.37. The number of benzene rings is 1. The van der Waals surface area contributed by atoms with E-state index in [0.717, 1.165) is 26.0 Å². The molecule has 0 unspecified atom stereocenters. The topological polar surface area (TPSA) is 170 Å². The van der Waals surface area contributed by atoms with Crippen LogP contribution in [0.25, 0.3) is 0 Å². The van der Waals surface area contributed by atoms with Crippen molar-refractivity contribution in [2.75, 3.05) is 37.0 Å². The van der Waals surface area contributed by atoms with Crippen LogP contribution in [0.3, 0.4) is 0 Å². The fraction of sp³-hybridized carbons (Fsp3) is 0.368. The van der Waals surface area contributed by atoms with E-state index in [0.29, 0.717) is 13.1 Å². The lowest BCUT2D eigenvalue weighted by Gasteiger charge is -2.16. The minimum atomic E-state index is -4.46. The Hall–Kier alpha value is -3.81. The first kappa shape index (κ1) is 23.8. The fourth-order valence-electron chi connectivity index (χ4n) is 3.05. The van der Waals surface area contributed by atoms with Gasteiger partial charge in [0, 0.05) is 13.1 Å².